The molecule has 0 saturated carbocycles. The molecule has 0 aromatic carbocycles. The summed E-state index contributed by atoms with van der Waals surface area (Å²) >= 11 is 0. The molecule has 3 rings (SSSR count). The van der Waals surface area contributed by atoms with Crippen LogP contribution < -0.4 is 5.32 Å². The van der Waals surface area contributed by atoms with E-state index in [0.29, 0.717) is 23.5 Å². The first-order chi connectivity index (χ1) is 11.5. The second-order valence-electron chi connectivity index (χ2n) is 7.64. The SMILES string of the molecule is CCCNC(=NCC1CCS(=O)(=O)C1)N1CCC2(CCOCC2)C1.I. The number of guanidine groups is 1. The number of hydrogen-bond donors (Lipinski definition) is 1. The normalized spacial score (nSPS) is 28.1. The van der Waals surface area contributed by atoms with E-state index in [-0.39, 0.29) is 29.9 Å². The molecule has 1 spiro atoms. The molecule has 3 heterocycles. The lowest BCUT2D eigenvalue weighted by atomic mass is 9.80. The summed E-state index contributed by atoms with van der Waals surface area (Å²) < 4.78 is 28.8. The fourth-order valence-corrected chi connectivity index (χ4v) is 5.91. The number of aliphatic imine (C=N–C) groups is 1. The van der Waals surface area contributed by atoms with Gasteiger partial charge >= 0.3 is 0 Å². The fourth-order valence-electron chi connectivity index (χ4n) is 4.06. The van der Waals surface area contributed by atoms with Crippen molar-refractivity contribution in [1.82, 2.24) is 10.2 Å². The lowest BCUT2D eigenvalue weighted by molar-refractivity contribution is 0.0217. The molecule has 146 valence electrons. The number of rotatable bonds is 4. The van der Waals surface area contributed by atoms with Gasteiger partial charge in [-0.2, -0.15) is 0 Å². The highest BCUT2D eigenvalue weighted by atomic mass is 127. The molecule has 0 amide bonds. The number of sulfone groups is 1. The molecule has 1 N–H and O–H groups in total. The van der Waals surface area contributed by atoms with Crippen molar-refractivity contribution in [3.05, 3.63) is 0 Å². The Morgan fingerprint density at radius 1 is 1.32 bits per heavy atom. The van der Waals surface area contributed by atoms with Crippen LogP contribution in [0.2, 0.25) is 0 Å². The van der Waals surface area contributed by atoms with Gasteiger partial charge in [-0.05, 0) is 43.4 Å². The fraction of sp³-hybridized carbons (Fsp3) is 0.941. The molecule has 3 aliphatic heterocycles. The molecule has 25 heavy (non-hydrogen) atoms. The van der Waals surface area contributed by atoms with Crippen LogP contribution in [0.3, 0.4) is 0 Å². The number of halogens is 1. The van der Waals surface area contributed by atoms with Crippen LogP contribution in [0.15, 0.2) is 4.99 Å². The number of likely N-dealkylation sites (tertiary alicyclic amines) is 1. The minimum absolute atomic E-state index is 0. The van der Waals surface area contributed by atoms with Crippen molar-refractivity contribution in [3.63, 3.8) is 0 Å². The van der Waals surface area contributed by atoms with E-state index in [9.17, 15) is 8.42 Å². The number of hydrogen-bond acceptors (Lipinski definition) is 4. The Labute approximate surface area is 169 Å². The van der Waals surface area contributed by atoms with E-state index < -0.39 is 9.84 Å². The summed E-state index contributed by atoms with van der Waals surface area (Å²) in [4.78, 5) is 7.18. The van der Waals surface area contributed by atoms with E-state index in [0.717, 1.165) is 64.5 Å². The second-order valence-corrected chi connectivity index (χ2v) is 9.87. The predicted octanol–water partition coefficient (Wildman–Crippen LogP) is 1.90. The van der Waals surface area contributed by atoms with Gasteiger partial charge in [0.2, 0.25) is 0 Å². The molecule has 3 saturated heterocycles. The molecule has 1 unspecified atom stereocenters. The molecular weight excluding hydrogens is 453 g/mol. The molecule has 3 aliphatic rings. The Morgan fingerprint density at radius 2 is 2.08 bits per heavy atom. The van der Waals surface area contributed by atoms with E-state index >= 15 is 0 Å². The maximum absolute atomic E-state index is 11.6. The maximum Gasteiger partial charge on any atom is 0.193 e. The van der Waals surface area contributed by atoms with Crippen LogP contribution in [0.25, 0.3) is 0 Å². The molecule has 6 nitrogen and oxygen atoms in total. The third kappa shape index (κ3) is 5.69. The largest absolute Gasteiger partial charge is 0.381 e. The third-order valence-corrected chi connectivity index (χ3v) is 7.49. The molecule has 0 aromatic heterocycles. The summed E-state index contributed by atoms with van der Waals surface area (Å²) in [5.41, 5.74) is 0.392. The summed E-state index contributed by atoms with van der Waals surface area (Å²) in [6.45, 7) is 7.53. The Morgan fingerprint density at radius 3 is 2.72 bits per heavy atom. The molecule has 0 aliphatic carbocycles. The zero-order valence-corrected chi connectivity index (χ0v) is 18.4. The van der Waals surface area contributed by atoms with E-state index in [4.69, 9.17) is 9.73 Å². The van der Waals surface area contributed by atoms with Gasteiger partial charge < -0.3 is 15.0 Å². The van der Waals surface area contributed by atoms with Crippen LogP contribution >= 0.6 is 24.0 Å². The molecule has 0 aromatic rings. The van der Waals surface area contributed by atoms with E-state index in [1.807, 2.05) is 0 Å². The van der Waals surface area contributed by atoms with Crippen LogP contribution in [-0.4, -0.2) is 70.2 Å². The first-order valence-electron chi connectivity index (χ1n) is 9.33. The van der Waals surface area contributed by atoms with E-state index in [1.165, 1.54) is 6.42 Å². The Balaban J connectivity index is 0.00000225. The zero-order chi connectivity index (χ0) is 17.0. The summed E-state index contributed by atoms with van der Waals surface area (Å²) in [5, 5.41) is 3.47. The lowest BCUT2D eigenvalue weighted by Gasteiger charge is -2.33. The minimum Gasteiger partial charge on any atom is -0.381 e. The van der Waals surface area contributed by atoms with Crippen LogP contribution in [-0.2, 0) is 14.6 Å². The Hall–Kier alpha value is -0.0900. The number of nitrogens with zero attached hydrogens (tertiary/aromatic N) is 2. The molecular formula is C17H32IN3O3S. The summed E-state index contributed by atoms with van der Waals surface area (Å²) in [7, 11) is -2.82. The predicted molar refractivity (Wildman–Crippen MR) is 111 cm³/mol. The van der Waals surface area contributed by atoms with E-state index in [2.05, 4.69) is 17.1 Å². The Bertz CT molecular complexity index is 561. The molecule has 0 radical (unpaired) electrons. The smallest absolute Gasteiger partial charge is 0.193 e. The molecule has 1 atom stereocenters. The first kappa shape index (κ1) is 21.2. The van der Waals surface area contributed by atoms with Gasteiger partial charge in [-0.3, -0.25) is 4.99 Å². The highest BCUT2D eigenvalue weighted by Crippen LogP contribution is 2.39. The minimum atomic E-state index is -2.82. The molecule has 3 fully saturated rings. The lowest BCUT2D eigenvalue weighted by Crippen LogP contribution is -2.43. The quantitative estimate of drug-likeness (QED) is 0.374. The van der Waals surface area contributed by atoms with Gasteiger partial charge in [-0.25, -0.2) is 8.42 Å². The van der Waals surface area contributed by atoms with Crippen molar-refractivity contribution in [1.29, 1.82) is 0 Å². The van der Waals surface area contributed by atoms with Crippen LogP contribution in [0.5, 0.6) is 0 Å². The zero-order valence-electron chi connectivity index (χ0n) is 15.2. The van der Waals surface area contributed by atoms with Gasteiger partial charge in [-0.15, -0.1) is 24.0 Å². The molecule has 0 bridgehead atoms. The van der Waals surface area contributed by atoms with Crippen molar-refractivity contribution < 1.29 is 13.2 Å². The van der Waals surface area contributed by atoms with Gasteiger partial charge in [0.05, 0.1) is 11.5 Å². The van der Waals surface area contributed by atoms with Gasteiger partial charge in [0, 0.05) is 39.4 Å². The van der Waals surface area contributed by atoms with Gasteiger partial charge in [0.25, 0.3) is 0 Å². The standard InChI is InChI=1S/C17H31N3O3S.HI/c1-2-7-18-16(19-12-15-3-11-24(21,22)13-15)20-8-4-17(14-20)5-9-23-10-6-17;/h15H,2-14H2,1H3,(H,18,19);1H. The van der Waals surface area contributed by atoms with Gasteiger partial charge in [0.1, 0.15) is 0 Å². The number of ether oxygens (including phenoxy) is 1. The average molecular weight is 485 g/mol. The first-order valence-corrected chi connectivity index (χ1v) is 11.2. The monoisotopic (exact) mass is 485 g/mol. The van der Waals surface area contributed by atoms with Crippen LogP contribution in [0.4, 0.5) is 0 Å². The Kier molecular flexibility index (Phi) is 7.82. The van der Waals surface area contributed by atoms with Crippen molar-refractivity contribution in [3.8, 4) is 0 Å². The highest BCUT2D eigenvalue weighted by Gasteiger charge is 2.40. The van der Waals surface area contributed by atoms with Crippen molar-refractivity contribution in [2.45, 2.75) is 39.0 Å². The van der Waals surface area contributed by atoms with Crippen molar-refractivity contribution >= 4 is 39.8 Å². The van der Waals surface area contributed by atoms with Gasteiger partial charge in [0.15, 0.2) is 15.8 Å². The van der Waals surface area contributed by atoms with Crippen LogP contribution in [0.1, 0.15) is 39.0 Å². The summed E-state index contributed by atoms with van der Waals surface area (Å²) in [6.07, 6.45) is 5.32. The average Bonchev–Trinajstić information content (AvgIpc) is 3.12. The van der Waals surface area contributed by atoms with Gasteiger partial charge in [-0.1, -0.05) is 6.92 Å². The summed E-state index contributed by atoms with van der Waals surface area (Å²) in [5.74, 6) is 1.80. The second kappa shape index (κ2) is 9.21. The third-order valence-electron chi connectivity index (χ3n) is 5.65. The topological polar surface area (TPSA) is 71.0 Å². The van der Waals surface area contributed by atoms with Crippen LogP contribution in [0, 0.1) is 11.3 Å². The van der Waals surface area contributed by atoms with Crippen molar-refractivity contribution in [2.75, 3.05) is 50.9 Å². The number of nitrogens with one attached hydrogen (secondary N) is 1. The maximum atomic E-state index is 11.6. The van der Waals surface area contributed by atoms with E-state index in [1.54, 1.807) is 0 Å². The van der Waals surface area contributed by atoms with Crippen molar-refractivity contribution in [2.24, 2.45) is 16.3 Å². The summed E-state index contributed by atoms with van der Waals surface area (Å²) in [6, 6.07) is 0. The molecule has 8 heteroatoms. The highest BCUT2D eigenvalue weighted by molar-refractivity contribution is 14.0.